The summed E-state index contributed by atoms with van der Waals surface area (Å²) in [6.07, 6.45) is 5.86. The van der Waals surface area contributed by atoms with Gasteiger partial charge in [0.1, 0.15) is 0 Å². The van der Waals surface area contributed by atoms with Crippen molar-refractivity contribution >= 4 is 15.9 Å². The lowest BCUT2D eigenvalue weighted by Crippen LogP contribution is -2.40. The number of rotatable bonds is 6. The summed E-state index contributed by atoms with van der Waals surface area (Å²) in [6, 6.07) is 16.3. The van der Waals surface area contributed by atoms with Crippen LogP contribution in [0, 0.1) is 5.92 Å². The minimum Gasteiger partial charge on any atom is -0.379 e. The number of carbonyl (C=O) groups is 1. The zero-order valence-electron chi connectivity index (χ0n) is 17.7. The maximum absolute atomic E-state index is 13.0. The molecule has 4 rings (SSSR count). The Balaban J connectivity index is 1.50. The van der Waals surface area contributed by atoms with Crippen LogP contribution in [0.25, 0.3) is 0 Å². The first-order chi connectivity index (χ1) is 15.1. The molecule has 31 heavy (non-hydrogen) atoms. The Morgan fingerprint density at radius 1 is 0.935 bits per heavy atom. The minimum atomic E-state index is -3.57. The smallest absolute Gasteiger partial charge is 0.251 e. The van der Waals surface area contributed by atoms with Crippen molar-refractivity contribution in [2.75, 3.05) is 26.3 Å². The summed E-state index contributed by atoms with van der Waals surface area (Å²) < 4.78 is 32.3. The normalized spacial score (nSPS) is 19.6. The van der Waals surface area contributed by atoms with E-state index in [1.807, 2.05) is 18.2 Å². The third kappa shape index (κ3) is 5.17. The number of benzene rings is 2. The monoisotopic (exact) mass is 442 g/mol. The van der Waals surface area contributed by atoms with Gasteiger partial charge in [-0.2, -0.15) is 4.31 Å². The van der Waals surface area contributed by atoms with Crippen LogP contribution in [0.5, 0.6) is 0 Å². The van der Waals surface area contributed by atoms with Crippen molar-refractivity contribution in [3.05, 3.63) is 65.7 Å². The fourth-order valence-corrected chi connectivity index (χ4v) is 5.95. The Morgan fingerprint density at radius 3 is 2.23 bits per heavy atom. The zero-order chi connectivity index (χ0) is 21.7. The Morgan fingerprint density at radius 2 is 1.58 bits per heavy atom. The van der Waals surface area contributed by atoms with E-state index in [-0.39, 0.29) is 16.8 Å². The summed E-state index contributed by atoms with van der Waals surface area (Å²) >= 11 is 0. The van der Waals surface area contributed by atoms with E-state index in [1.165, 1.54) is 35.7 Å². The number of nitrogens with one attached hydrogen (secondary N) is 1. The first-order valence-electron chi connectivity index (χ1n) is 11.1. The summed E-state index contributed by atoms with van der Waals surface area (Å²) in [6.45, 7) is 1.51. The first-order valence-corrected chi connectivity index (χ1v) is 12.5. The van der Waals surface area contributed by atoms with Gasteiger partial charge in [0.25, 0.3) is 5.91 Å². The van der Waals surface area contributed by atoms with E-state index in [0.29, 0.717) is 37.8 Å². The van der Waals surface area contributed by atoms with Crippen LogP contribution in [-0.2, 0) is 14.8 Å². The van der Waals surface area contributed by atoms with Crippen LogP contribution in [0.1, 0.15) is 54.1 Å². The molecule has 0 bridgehead atoms. The topological polar surface area (TPSA) is 75.7 Å². The number of sulfonamides is 1. The quantitative estimate of drug-likeness (QED) is 0.739. The molecule has 6 nitrogen and oxygen atoms in total. The Hall–Kier alpha value is -2.22. The van der Waals surface area contributed by atoms with Crippen molar-refractivity contribution in [1.29, 1.82) is 0 Å². The maximum atomic E-state index is 13.0. The molecule has 166 valence electrons. The van der Waals surface area contributed by atoms with Crippen LogP contribution >= 0.6 is 0 Å². The third-order valence-electron chi connectivity index (χ3n) is 6.29. The van der Waals surface area contributed by atoms with Crippen molar-refractivity contribution in [1.82, 2.24) is 9.62 Å². The molecule has 1 heterocycles. The predicted octanol–water partition coefficient (Wildman–Crippen LogP) is 3.76. The standard InChI is InChI=1S/C24H30N2O4S/c27-24(25-23(19-7-3-1-4-8-19)20-9-5-2-6-10-20)21-11-13-22(14-12-21)31(28,29)26-15-17-30-18-16-26/h1,3-4,7-8,11-14,20,23H,2,5-6,9-10,15-18H2,(H,25,27). The van der Waals surface area contributed by atoms with Gasteiger partial charge in [0, 0.05) is 18.7 Å². The highest BCUT2D eigenvalue weighted by Gasteiger charge is 2.28. The van der Waals surface area contributed by atoms with Gasteiger partial charge in [-0.05, 0) is 48.6 Å². The van der Waals surface area contributed by atoms with Gasteiger partial charge >= 0.3 is 0 Å². The molecule has 2 fully saturated rings. The fraction of sp³-hybridized carbons (Fsp3) is 0.458. The minimum absolute atomic E-state index is 0.0363. The van der Waals surface area contributed by atoms with Gasteiger partial charge in [-0.1, -0.05) is 49.6 Å². The molecule has 1 atom stereocenters. The Bertz CT molecular complexity index is 964. The van der Waals surface area contributed by atoms with Crippen LogP contribution in [0.15, 0.2) is 59.5 Å². The second-order valence-electron chi connectivity index (χ2n) is 8.30. The lowest BCUT2D eigenvalue weighted by atomic mass is 9.81. The van der Waals surface area contributed by atoms with Crippen LogP contribution in [-0.4, -0.2) is 44.9 Å². The molecule has 2 aromatic rings. The molecule has 1 saturated carbocycles. The highest BCUT2D eigenvalue weighted by molar-refractivity contribution is 7.89. The molecule has 1 N–H and O–H groups in total. The van der Waals surface area contributed by atoms with Gasteiger partial charge in [-0.15, -0.1) is 0 Å². The molecule has 0 aromatic heterocycles. The lowest BCUT2D eigenvalue weighted by molar-refractivity contribution is 0.0730. The zero-order valence-corrected chi connectivity index (χ0v) is 18.5. The van der Waals surface area contributed by atoms with Gasteiger partial charge in [0.15, 0.2) is 0 Å². The SMILES string of the molecule is O=C(NC(c1ccccc1)C1CCCCC1)c1ccc(S(=O)(=O)N2CCOCC2)cc1. The van der Waals surface area contributed by atoms with E-state index >= 15 is 0 Å². The lowest BCUT2D eigenvalue weighted by Gasteiger charge is -2.31. The molecule has 0 spiro atoms. The van der Waals surface area contributed by atoms with Gasteiger partial charge in [-0.25, -0.2) is 8.42 Å². The van der Waals surface area contributed by atoms with Crippen molar-refractivity contribution in [3.8, 4) is 0 Å². The van der Waals surface area contributed by atoms with E-state index < -0.39 is 10.0 Å². The number of hydrogen-bond acceptors (Lipinski definition) is 4. The molecule has 2 aliphatic rings. The maximum Gasteiger partial charge on any atom is 0.251 e. The predicted molar refractivity (Wildman–Crippen MR) is 119 cm³/mol. The van der Waals surface area contributed by atoms with Gasteiger partial charge < -0.3 is 10.1 Å². The molecule has 7 heteroatoms. The number of morpholine rings is 1. The second-order valence-corrected chi connectivity index (χ2v) is 10.2. The van der Waals surface area contributed by atoms with E-state index in [2.05, 4.69) is 17.4 Å². The number of carbonyl (C=O) groups excluding carboxylic acids is 1. The summed E-state index contributed by atoms with van der Waals surface area (Å²) in [5.41, 5.74) is 1.59. The van der Waals surface area contributed by atoms with Crippen LogP contribution in [0.2, 0.25) is 0 Å². The number of amides is 1. The average Bonchev–Trinajstić information content (AvgIpc) is 2.84. The Labute approximate surface area is 184 Å². The molecule has 1 unspecified atom stereocenters. The fourth-order valence-electron chi connectivity index (χ4n) is 4.54. The highest BCUT2D eigenvalue weighted by atomic mass is 32.2. The average molecular weight is 443 g/mol. The molecule has 1 saturated heterocycles. The molecule has 1 amide bonds. The summed E-state index contributed by atoms with van der Waals surface area (Å²) in [5, 5.41) is 3.23. The van der Waals surface area contributed by atoms with Crippen molar-refractivity contribution in [2.24, 2.45) is 5.92 Å². The van der Waals surface area contributed by atoms with Crippen molar-refractivity contribution in [3.63, 3.8) is 0 Å². The first kappa shape index (κ1) is 22.0. The Kier molecular flexibility index (Phi) is 7.05. The number of nitrogens with zero attached hydrogens (tertiary/aromatic N) is 1. The van der Waals surface area contributed by atoms with Crippen molar-refractivity contribution < 1.29 is 17.9 Å². The van der Waals surface area contributed by atoms with E-state index in [9.17, 15) is 13.2 Å². The largest absolute Gasteiger partial charge is 0.379 e. The van der Waals surface area contributed by atoms with Crippen LogP contribution < -0.4 is 5.32 Å². The summed E-state index contributed by atoms with van der Waals surface area (Å²) in [5.74, 6) is 0.246. The molecule has 1 aliphatic heterocycles. The van der Waals surface area contributed by atoms with E-state index in [4.69, 9.17) is 4.74 Å². The third-order valence-corrected chi connectivity index (χ3v) is 8.20. The molecule has 2 aromatic carbocycles. The van der Waals surface area contributed by atoms with Gasteiger partial charge in [0.2, 0.25) is 10.0 Å². The van der Waals surface area contributed by atoms with E-state index in [1.54, 1.807) is 12.1 Å². The van der Waals surface area contributed by atoms with Crippen molar-refractivity contribution in [2.45, 2.75) is 43.0 Å². The van der Waals surface area contributed by atoms with E-state index in [0.717, 1.165) is 18.4 Å². The van der Waals surface area contributed by atoms with Gasteiger partial charge in [-0.3, -0.25) is 4.79 Å². The summed E-state index contributed by atoms with van der Waals surface area (Å²) in [4.78, 5) is 13.3. The molecular weight excluding hydrogens is 412 g/mol. The highest BCUT2D eigenvalue weighted by Crippen LogP contribution is 2.34. The van der Waals surface area contributed by atoms with Crippen LogP contribution in [0.4, 0.5) is 0 Å². The second kappa shape index (κ2) is 9.94. The number of ether oxygens (including phenoxy) is 1. The molecular formula is C24H30N2O4S. The summed E-state index contributed by atoms with van der Waals surface area (Å²) in [7, 11) is -3.57. The van der Waals surface area contributed by atoms with Gasteiger partial charge in [0.05, 0.1) is 24.2 Å². The van der Waals surface area contributed by atoms with Crippen LogP contribution in [0.3, 0.4) is 0 Å². The number of hydrogen-bond donors (Lipinski definition) is 1. The molecule has 0 radical (unpaired) electrons. The molecule has 1 aliphatic carbocycles.